The molecule has 0 aromatic heterocycles. The SMILES string of the molecule is Cc1ccccc1NC(=O)NCC#Cc1cccc(Cl)c1. The molecule has 2 aromatic carbocycles. The molecule has 21 heavy (non-hydrogen) atoms. The van der Waals surface area contributed by atoms with Crippen LogP contribution in [0.4, 0.5) is 10.5 Å². The van der Waals surface area contributed by atoms with E-state index in [4.69, 9.17) is 11.6 Å². The van der Waals surface area contributed by atoms with E-state index in [0.29, 0.717) is 5.02 Å². The lowest BCUT2D eigenvalue weighted by Crippen LogP contribution is -2.29. The third kappa shape index (κ3) is 4.87. The van der Waals surface area contributed by atoms with Gasteiger partial charge in [-0.1, -0.05) is 47.7 Å². The van der Waals surface area contributed by atoms with Crippen molar-refractivity contribution in [3.8, 4) is 11.8 Å². The number of urea groups is 1. The minimum Gasteiger partial charge on any atom is -0.327 e. The summed E-state index contributed by atoms with van der Waals surface area (Å²) in [6.07, 6.45) is 0. The van der Waals surface area contributed by atoms with Crippen LogP contribution in [0.15, 0.2) is 48.5 Å². The Bertz CT molecular complexity index is 701. The van der Waals surface area contributed by atoms with Gasteiger partial charge in [0.25, 0.3) is 0 Å². The second-order valence-electron chi connectivity index (χ2n) is 4.43. The van der Waals surface area contributed by atoms with Crippen LogP contribution in [0.1, 0.15) is 11.1 Å². The highest BCUT2D eigenvalue weighted by Gasteiger charge is 2.01. The van der Waals surface area contributed by atoms with Gasteiger partial charge >= 0.3 is 6.03 Å². The van der Waals surface area contributed by atoms with E-state index in [2.05, 4.69) is 22.5 Å². The second kappa shape index (κ2) is 7.37. The topological polar surface area (TPSA) is 41.1 Å². The normalized spacial score (nSPS) is 9.43. The first-order chi connectivity index (χ1) is 10.1. The molecule has 2 aromatic rings. The molecule has 0 heterocycles. The van der Waals surface area contributed by atoms with Crippen molar-refractivity contribution in [2.45, 2.75) is 6.92 Å². The lowest BCUT2D eigenvalue weighted by Gasteiger charge is -2.07. The van der Waals surface area contributed by atoms with E-state index in [0.717, 1.165) is 16.8 Å². The fourth-order valence-corrected chi connectivity index (χ4v) is 1.91. The number of anilines is 1. The molecule has 2 N–H and O–H groups in total. The number of hydrogen-bond acceptors (Lipinski definition) is 1. The molecule has 0 fully saturated rings. The van der Waals surface area contributed by atoms with E-state index in [-0.39, 0.29) is 12.6 Å². The summed E-state index contributed by atoms with van der Waals surface area (Å²) >= 11 is 5.87. The second-order valence-corrected chi connectivity index (χ2v) is 4.87. The van der Waals surface area contributed by atoms with Crippen molar-refractivity contribution in [3.05, 3.63) is 64.7 Å². The molecule has 0 aliphatic rings. The number of carbonyl (C=O) groups excluding carboxylic acids is 1. The van der Waals surface area contributed by atoms with Gasteiger partial charge in [0.2, 0.25) is 0 Å². The standard InChI is InChI=1S/C17H15ClN2O/c1-13-6-2-3-10-16(13)20-17(21)19-11-5-8-14-7-4-9-15(18)12-14/h2-4,6-7,9-10,12H,11H2,1H3,(H2,19,20,21). The van der Waals surface area contributed by atoms with Crippen LogP contribution in [0, 0.1) is 18.8 Å². The van der Waals surface area contributed by atoms with Crippen LogP contribution in [-0.4, -0.2) is 12.6 Å². The van der Waals surface area contributed by atoms with Crippen molar-refractivity contribution in [1.82, 2.24) is 5.32 Å². The summed E-state index contributed by atoms with van der Waals surface area (Å²) < 4.78 is 0. The number of nitrogens with one attached hydrogen (secondary N) is 2. The van der Waals surface area contributed by atoms with Gasteiger partial charge in [-0.3, -0.25) is 0 Å². The third-order valence-electron chi connectivity index (χ3n) is 2.79. The minimum atomic E-state index is -0.273. The van der Waals surface area contributed by atoms with E-state index < -0.39 is 0 Å². The number of carbonyl (C=O) groups is 1. The maximum absolute atomic E-state index is 11.7. The summed E-state index contributed by atoms with van der Waals surface area (Å²) in [5, 5.41) is 6.11. The van der Waals surface area contributed by atoms with E-state index in [1.807, 2.05) is 43.3 Å². The van der Waals surface area contributed by atoms with Crippen molar-refractivity contribution < 1.29 is 4.79 Å². The molecular formula is C17H15ClN2O. The highest BCUT2D eigenvalue weighted by molar-refractivity contribution is 6.30. The molecule has 0 spiro atoms. The number of amides is 2. The predicted octanol–water partition coefficient (Wildman–Crippen LogP) is 3.82. The number of aryl methyl sites for hydroxylation is 1. The Hall–Kier alpha value is -2.44. The van der Waals surface area contributed by atoms with Crippen LogP contribution in [0.25, 0.3) is 0 Å². The Labute approximate surface area is 129 Å². The van der Waals surface area contributed by atoms with Crippen LogP contribution in [-0.2, 0) is 0 Å². The molecule has 2 amide bonds. The first-order valence-corrected chi connectivity index (χ1v) is 6.88. The number of rotatable bonds is 2. The molecule has 0 bridgehead atoms. The first kappa shape index (κ1) is 15.0. The summed E-state index contributed by atoms with van der Waals surface area (Å²) in [7, 11) is 0. The van der Waals surface area contributed by atoms with Gasteiger partial charge in [-0.2, -0.15) is 0 Å². The van der Waals surface area contributed by atoms with Crippen LogP contribution in [0.2, 0.25) is 5.02 Å². The molecule has 4 heteroatoms. The number of para-hydroxylation sites is 1. The average molecular weight is 299 g/mol. The Morgan fingerprint density at radius 2 is 2.00 bits per heavy atom. The summed E-state index contributed by atoms with van der Waals surface area (Å²) in [5.74, 6) is 5.82. The summed E-state index contributed by atoms with van der Waals surface area (Å²) in [6.45, 7) is 2.21. The molecule has 0 unspecified atom stereocenters. The molecule has 0 aliphatic carbocycles. The van der Waals surface area contributed by atoms with Crippen molar-refractivity contribution in [2.75, 3.05) is 11.9 Å². The first-order valence-electron chi connectivity index (χ1n) is 6.50. The van der Waals surface area contributed by atoms with Gasteiger partial charge < -0.3 is 10.6 Å². The molecule has 106 valence electrons. The molecule has 0 saturated heterocycles. The van der Waals surface area contributed by atoms with Crippen LogP contribution < -0.4 is 10.6 Å². The van der Waals surface area contributed by atoms with Gasteiger partial charge in [0.15, 0.2) is 0 Å². The molecule has 0 atom stereocenters. The minimum absolute atomic E-state index is 0.268. The van der Waals surface area contributed by atoms with E-state index in [1.54, 1.807) is 12.1 Å². The summed E-state index contributed by atoms with van der Waals surface area (Å²) in [6, 6.07) is 14.6. The highest BCUT2D eigenvalue weighted by Crippen LogP contribution is 2.12. The summed E-state index contributed by atoms with van der Waals surface area (Å²) in [5.41, 5.74) is 2.62. The maximum Gasteiger partial charge on any atom is 0.320 e. The van der Waals surface area contributed by atoms with Crippen LogP contribution >= 0.6 is 11.6 Å². The Morgan fingerprint density at radius 1 is 1.19 bits per heavy atom. The number of hydrogen-bond donors (Lipinski definition) is 2. The van der Waals surface area contributed by atoms with Crippen molar-refractivity contribution in [3.63, 3.8) is 0 Å². The third-order valence-corrected chi connectivity index (χ3v) is 3.02. The zero-order chi connectivity index (χ0) is 15.1. The smallest absolute Gasteiger partial charge is 0.320 e. The maximum atomic E-state index is 11.7. The Morgan fingerprint density at radius 3 is 2.76 bits per heavy atom. The Balaban J connectivity index is 1.84. The zero-order valence-corrected chi connectivity index (χ0v) is 12.4. The van der Waals surface area contributed by atoms with Gasteiger partial charge in [0.1, 0.15) is 0 Å². The van der Waals surface area contributed by atoms with Gasteiger partial charge in [-0.05, 0) is 36.8 Å². The number of benzene rings is 2. The quantitative estimate of drug-likeness (QED) is 0.813. The average Bonchev–Trinajstić information content (AvgIpc) is 2.46. The fourth-order valence-electron chi connectivity index (χ4n) is 1.72. The largest absolute Gasteiger partial charge is 0.327 e. The monoisotopic (exact) mass is 298 g/mol. The predicted molar refractivity (Wildman–Crippen MR) is 86.5 cm³/mol. The van der Waals surface area contributed by atoms with Gasteiger partial charge in [-0.25, -0.2) is 4.79 Å². The molecular weight excluding hydrogens is 284 g/mol. The Kier molecular flexibility index (Phi) is 5.25. The molecule has 0 saturated carbocycles. The zero-order valence-electron chi connectivity index (χ0n) is 11.6. The van der Waals surface area contributed by atoms with Gasteiger partial charge in [0, 0.05) is 16.3 Å². The summed E-state index contributed by atoms with van der Waals surface area (Å²) in [4.78, 5) is 11.7. The van der Waals surface area contributed by atoms with Crippen LogP contribution in [0.5, 0.6) is 0 Å². The lowest BCUT2D eigenvalue weighted by molar-refractivity contribution is 0.253. The van der Waals surface area contributed by atoms with Crippen molar-refractivity contribution in [2.24, 2.45) is 0 Å². The van der Waals surface area contributed by atoms with Gasteiger partial charge in [0.05, 0.1) is 6.54 Å². The molecule has 2 rings (SSSR count). The molecule has 0 aliphatic heterocycles. The highest BCUT2D eigenvalue weighted by atomic mass is 35.5. The van der Waals surface area contributed by atoms with E-state index in [1.165, 1.54) is 0 Å². The van der Waals surface area contributed by atoms with Gasteiger partial charge in [-0.15, -0.1) is 0 Å². The molecule has 3 nitrogen and oxygen atoms in total. The number of halogens is 1. The van der Waals surface area contributed by atoms with E-state index >= 15 is 0 Å². The van der Waals surface area contributed by atoms with Crippen molar-refractivity contribution >= 4 is 23.3 Å². The molecule has 0 radical (unpaired) electrons. The lowest BCUT2D eigenvalue weighted by atomic mass is 10.2. The fraction of sp³-hybridized carbons (Fsp3) is 0.118. The van der Waals surface area contributed by atoms with E-state index in [9.17, 15) is 4.79 Å². The van der Waals surface area contributed by atoms with Crippen LogP contribution in [0.3, 0.4) is 0 Å². The van der Waals surface area contributed by atoms with Crippen molar-refractivity contribution in [1.29, 1.82) is 0 Å².